The molecule has 0 bridgehead atoms. The molecule has 1 atom stereocenters. The van der Waals surface area contributed by atoms with Gasteiger partial charge in [0, 0.05) is 29.7 Å². The second-order valence-electron chi connectivity index (χ2n) is 6.76. The van der Waals surface area contributed by atoms with Crippen LogP contribution in [0.25, 0.3) is 0 Å². The molecule has 29 heavy (non-hydrogen) atoms. The average Bonchev–Trinajstić information content (AvgIpc) is 2.70. The number of amides is 2. The van der Waals surface area contributed by atoms with Gasteiger partial charge in [0.25, 0.3) is 5.91 Å². The zero-order valence-electron chi connectivity index (χ0n) is 15.5. The molecule has 1 fully saturated rings. The van der Waals surface area contributed by atoms with E-state index in [-0.39, 0.29) is 24.7 Å². The van der Waals surface area contributed by atoms with Gasteiger partial charge in [0.2, 0.25) is 5.91 Å². The molecule has 1 unspecified atom stereocenters. The lowest BCUT2D eigenvalue weighted by atomic mass is 10.1. The fraction of sp³-hybridized carbons (Fsp3) is 0.300. The molecule has 1 N–H and O–H groups in total. The number of halogens is 2. The lowest BCUT2D eigenvalue weighted by Gasteiger charge is -2.32. The van der Waals surface area contributed by atoms with E-state index in [9.17, 15) is 18.0 Å². The van der Waals surface area contributed by atoms with Gasteiger partial charge in [0.1, 0.15) is 0 Å². The van der Waals surface area contributed by atoms with E-state index < -0.39 is 21.0 Å². The number of rotatable bonds is 5. The number of hydrogen-bond donors (Lipinski definition) is 1. The Morgan fingerprint density at radius 1 is 1.17 bits per heavy atom. The summed E-state index contributed by atoms with van der Waals surface area (Å²) in [4.78, 5) is 26.7. The molecule has 1 aliphatic heterocycles. The third kappa shape index (κ3) is 5.38. The van der Waals surface area contributed by atoms with Gasteiger partial charge in [0.05, 0.1) is 10.8 Å². The lowest BCUT2D eigenvalue weighted by molar-refractivity contribution is -0.120. The molecule has 0 saturated carbocycles. The molecule has 0 spiro atoms. The first kappa shape index (κ1) is 21.8. The highest BCUT2D eigenvalue weighted by molar-refractivity contribution is 9.10. The molecule has 2 amide bonds. The topological polar surface area (TPSA) is 83.6 Å². The third-order valence-electron chi connectivity index (χ3n) is 4.77. The largest absolute Gasteiger partial charge is 0.355 e. The number of hydrogen-bond acceptors (Lipinski definition) is 4. The summed E-state index contributed by atoms with van der Waals surface area (Å²) in [6, 6.07) is 14.4. The van der Waals surface area contributed by atoms with Crippen molar-refractivity contribution in [3.8, 4) is 0 Å². The highest BCUT2D eigenvalue weighted by Crippen LogP contribution is 2.24. The van der Waals surface area contributed by atoms with Gasteiger partial charge in [-0.25, -0.2) is 8.42 Å². The van der Waals surface area contributed by atoms with E-state index in [2.05, 4.69) is 21.2 Å². The van der Waals surface area contributed by atoms with Gasteiger partial charge in [-0.15, -0.1) is 0 Å². The van der Waals surface area contributed by atoms with Crippen LogP contribution in [0.2, 0.25) is 5.02 Å². The van der Waals surface area contributed by atoms with Crippen molar-refractivity contribution < 1.29 is 18.0 Å². The predicted octanol–water partition coefficient (Wildman–Crippen LogP) is 2.70. The Morgan fingerprint density at radius 3 is 2.59 bits per heavy atom. The normalized spacial score (nSPS) is 18.3. The molecule has 3 rings (SSSR count). The predicted molar refractivity (Wildman–Crippen MR) is 116 cm³/mol. The molecule has 6 nitrogen and oxygen atoms in total. The standard InChI is InChI=1S/C20H20BrClN2O4S/c21-16-7-6-15(12-17(16)22)20(26)24-10-11-29(27,28)18(13-24)19(25)23-9-8-14-4-2-1-3-5-14/h1-7,12,18H,8-11,13H2,(H,23,25). The Kier molecular flexibility index (Phi) is 6.97. The zero-order valence-corrected chi connectivity index (χ0v) is 18.6. The van der Waals surface area contributed by atoms with E-state index in [0.717, 1.165) is 5.56 Å². The lowest BCUT2D eigenvalue weighted by Crippen LogP contribution is -2.55. The SMILES string of the molecule is O=C(NCCc1ccccc1)C1CN(C(=O)c2ccc(Br)c(Cl)c2)CCS1(=O)=O. The van der Waals surface area contributed by atoms with Crippen molar-refractivity contribution in [2.45, 2.75) is 11.7 Å². The van der Waals surface area contributed by atoms with Gasteiger partial charge in [-0.3, -0.25) is 9.59 Å². The molecule has 1 aliphatic rings. The van der Waals surface area contributed by atoms with Crippen molar-refractivity contribution in [2.75, 3.05) is 25.4 Å². The fourth-order valence-corrected chi connectivity index (χ4v) is 5.12. The van der Waals surface area contributed by atoms with E-state index in [0.29, 0.717) is 28.0 Å². The van der Waals surface area contributed by atoms with Gasteiger partial charge in [-0.05, 0) is 46.1 Å². The Hall–Kier alpha value is -1.90. The Balaban J connectivity index is 1.66. The monoisotopic (exact) mass is 498 g/mol. The zero-order chi connectivity index (χ0) is 21.0. The summed E-state index contributed by atoms with van der Waals surface area (Å²) in [6.07, 6.45) is 0.597. The number of sulfone groups is 1. The molecule has 0 radical (unpaired) electrons. The van der Waals surface area contributed by atoms with Crippen LogP contribution in [0.4, 0.5) is 0 Å². The van der Waals surface area contributed by atoms with Crippen molar-refractivity contribution in [1.29, 1.82) is 0 Å². The maximum absolute atomic E-state index is 12.8. The first-order valence-electron chi connectivity index (χ1n) is 9.05. The number of carbonyl (C=O) groups excluding carboxylic acids is 2. The maximum Gasteiger partial charge on any atom is 0.253 e. The highest BCUT2D eigenvalue weighted by atomic mass is 79.9. The van der Waals surface area contributed by atoms with Gasteiger partial charge >= 0.3 is 0 Å². The van der Waals surface area contributed by atoms with Crippen molar-refractivity contribution in [1.82, 2.24) is 10.2 Å². The first-order valence-corrected chi connectivity index (χ1v) is 11.9. The molecule has 2 aromatic rings. The van der Waals surface area contributed by atoms with E-state index in [4.69, 9.17) is 11.6 Å². The van der Waals surface area contributed by atoms with Crippen LogP contribution in [-0.2, 0) is 21.1 Å². The second kappa shape index (κ2) is 9.28. The Labute approximate surface area is 183 Å². The molecule has 0 aromatic heterocycles. The summed E-state index contributed by atoms with van der Waals surface area (Å²) in [5.74, 6) is -1.18. The Bertz CT molecular complexity index is 1010. The quantitative estimate of drug-likeness (QED) is 0.686. The minimum Gasteiger partial charge on any atom is -0.355 e. The van der Waals surface area contributed by atoms with Crippen molar-refractivity contribution >= 4 is 49.2 Å². The average molecular weight is 500 g/mol. The molecule has 1 heterocycles. The molecular weight excluding hydrogens is 480 g/mol. The van der Waals surface area contributed by atoms with Crippen LogP contribution in [0.15, 0.2) is 53.0 Å². The van der Waals surface area contributed by atoms with Crippen molar-refractivity contribution in [3.63, 3.8) is 0 Å². The van der Waals surface area contributed by atoms with Crippen LogP contribution in [0.1, 0.15) is 15.9 Å². The smallest absolute Gasteiger partial charge is 0.253 e. The molecule has 0 aliphatic carbocycles. The molecule has 1 saturated heterocycles. The summed E-state index contributed by atoms with van der Waals surface area (Å²) in [5, 5.41) is 1.80. The van der Waals surface area contributed by atoms with Gasteiger partial charge in [-0.1, -0.05) is 41.9 Å². The third-order valence-corrected chi connectivity index (χ3v) is 7.98. The van der Waals surface area contributed by atoms with E-state index in [1.807, 2.05) is 30.3 Å². The van der Waals surface area contributed by atoms with E-state index in [1.54, 1.807) is 12.1 Å². The fourth-order valence-electron chi connectivity index (χ4n) is 3.12. The highest BCUT2D eigenvalue weighted by Gasteiger charge is 2.39. The van der Waals surface area contributed by atoms with Gasteiger partial charge in [-0.2, -0.15) is 0 Å². The molecule has 9 heteroatoms. The van der Waals surface area contributed by atoms with Crippen molar-refractivity contribution in [2.24, 2.45) is 0 Å². The number of benzene rings is 2. The van der Waals surface area contributed by atoms with E-state index >= 15 is 0 Å². The van der Waals surface area contributed by atoms with Crippen LogP contribution in [0.3, 0.4) is 0 Å². The minimum atomic E-state index is -3.62. The van der Waals surface area contributed by atoms with Crippen LogP contribution in [0.5, 0.6) is 0 Å². The Morgan fingerprint density at radius 2 is 1.90 bits per heavy atom. The molecule has 2 aromatic carbocycles. The summed E-state index contributed by atoms with van der Waals surface area (Å²) >= 11 is 9.32. The van der Waals surface area contributed by atoms with Crippen LogP contribution >= 0.6 is 27.5 Å². The molecular formula is C20H20BrClN2O4S. The first-order chi connectivity index (χ1) is 13.8. The second-order valence-corrected chi connectivity index (χ2v) is 10.3. The van der Waals surface area contributed by atoms with Crippen LogP contribution in [-0.4, -0.2) is 55.8 Å². The van der Waals surface area contributed by atoms with E-state index in [1.165, 1.54) is 11.0 Å². The van der Waals surface area contributed by atoms with Gasteiger partial charge < -0.3 is 10.2 Å². The summed E-state index contributed by atoms with van der Waals surface area (Å²) in [6.45, 7) is 0.194. The maximum atomic E-state index is 12.8. The molecule has 154 valence electrons. The van der Waals surface area contributed by atoms with Crippen LogP contribution < -0.4 is 5.32 Å². The number of nitrogens with zero attached hydrogens (tertiary/aromatic N) is 1. The summed E-state index contributed by atoms with van der Waals surface area (Å²) < 4.78 is 25.5. The summed E-state index contributed by atoms with van der Waals surface area (Å²) in [5.41, 5.74) is 1.39. The minimum absolute atomic E-state index is 0.0443. The number of nitrogens with one attached hydrogen (secondary N) is 1. The summed E-state index contributed by atoms with van der Waals surface area (Å²) in [7, 11) is -3.62. The van der Waals surface area contributed by atoms with Gasteiger partial charge in [0.15, 0.2) is 15.1 Å². The van der Waals surface area contributed by atoms with Crippen LogP contribution in [0, 0.1) is 0 Å². The number of carbonyl (C=O) groups is 2. The van der Waals surface area contributed by atoms with Crippen molar-refractivity contribution in [3.05, 3.63) is 69.2 Å².